The van der Waals surface area contributed by atoms with Gasteiger partial charge in [0, 0.05) is 20.6 Å². The maximum Gasteiger partial charge on any atom is 0.191 e. The van der Waals surface area contributed by atoms with Gasteiger partial charge in [0.1, 0.15) is 11.6 Å². The number of nitrogens with one attached hydrogen (secondary N) is 2. The summed E-state index contributed by atoms with van der Waals surface area (Å²) in [7, 11) is 5.34. The van der Waals surface area contributed by atoms with Crippen LogP contribution in [0.15, 0.2) is 29.3 Å². The molecule has 2 N–H and O–H groups in total. The molecule has 0 atom stereocenters. The first-order chi connectivity index (χ1) is 10.6. The van der Waals surface area contributed by atoms with Crippen molar-refractivity contribution in [3.63, 3.8) is 0 Å². The topological polar surface area (TPSA) is 76.4 Å². The van der Waals surface area contributed by atoms with Gasteiger partial charge in [0.05, 0.1) is 13.7 Å². The first kappa shape index (κ1) is 15.8. The van der Waals surface area contributed by atoms with E-state index in [2.05, 4.69) is 25.8 Å². The molecule has 0 aliphatic carbocycles. The zero-order valence-corrected chi connectivity index (χ0v) is 13.4. The van der Waals surface area contributed by atoms with Crippen LogP contribution in [0.4, 0.5) is 0 Å². The van der Waals surface area contributed by atoms with Crippen LogP contribution in [0.25, 0.3) is 0 Å². The number of hydrogen-bond acceptors (Lipinski definition) is 4. The number of methoxy groups -OCH3 is 1. The van der Waals surface area contributed by atoms with Gasteiger partial charge in [-0.05, 0) is 24.6 Å². The van der Waals surface area contributed by atoms with Gasteiger partial charge in [-0.2, -0.15) is 0 Å². The minimum Gasteiger partial charge on any atom is -0.497 e. The van der Waals surface area contributed by atoms with Crippen molar-refractivity contribution < 1.29 is 4.74 Å². The molecule has 0 radical (unpaired) electrons. The van der Waals surface area contributed by atoms with Gasteiger partial charge in [-0.1, -0.05) is 12.1 Å². The molecule has 2 aromatic rings. The van der Waals surface area contributed by atoms with Gasteiger partial charge in [0.2, 0.25) is 0 Å². The number of guanidine groups is 1. The van der Waals surface area contributed by atoms with Gasteiger partial charge in [0.25, 0.3) is 0 Å². The van der Waals surface area contributed by atoms with Crippen molar-refractivity contribution in [3.05, 3.63) is 41.5 Å². The van der Waals surface area contributed by atoms with E-state index >= 15 is 0 Å². The maximum atomic E-state index is 5.22. The zero-order valence-electron chi connectivity index (χ0n) is 13.4. The second-order valence-electron chi connectivity index (χ2n) is 4.85. The minimum absolute atomic E-state index is 0.565. The molecule has 1 aromatic carbocycles. The maximum absolute atomic E-state index is 5.22. The van der Waals surface area contributed by atoms with Gasteiger partial charge in [-0.15, -0.1) is 10.2 Å². The van der Waals surface area contributed by atoms with Crippen molar-refractivity contribution >= 4 is 5.96 Å². The number of aliphatic imine (C=N–C) groups is 1. The first-order valence-corrected chi connectivity index (χ1v) is 7.06. The Morgan fingerprint density at radius 3 is 2.68 bits per heavy atom. The Morgan fingerprint density at radius 2 is 2.05 bits per heavy atom. The third-order valence-electron chi connectivity index (χ3n) is 3.41. The largest absolute Gasteiger partial charge is 0.497 e. The molecular weight excluding hydrogens is 280 g/mol. The van der Waals surface area contributed by atoms with E-state index in [4.69, 9.17) is 4.74 Å². The molecule has 0 saturated carbocycles. The predicted molar refractivity (Wildman–Crippen MR) is 85.8 cm³/mol. The van der Waals surface area contributed by atoms with Crippen LogP contribution in [-0.4, -0.2) is 34.9 Å². The molecular formula is C15H22N6O. The van der Waals surface area contributed by atoms with E-state index in [1.165, 1.54) is 0 Å². The summed E-state index contributed by atoms with van der Waals surface area (Å²) in [5, 5.41) is 14.6. The lowest BCUT2D eigenvalue weighted by molar-refractivity contribution is 0.414. The zero-order chi connectivity index (χ0) is 15.9. The summed E-state index contributed by atoms with van der Waals surface area (Å²) >= 11 is 0. The van der Waals surface area contributed by atoms with Crippen LogP contribution in [0, 0.1) is 6.92 Å². The third kappa shape index (κ3) is 3.97. The molecule has 1 aromatic heterocycles. The van der Waals surface area contributed by atoms with Crippen molar-refractivity contribution in [1.82, 2.24) is 25.4 Å². The van der Waals surface area contributed by atoms with Crippen LogP contribution in [-0.2, 0) is 20.1 Å². The van der Waals surface area contributed by atoms with Crippen LogP contribution < -0.4 is 15.4 Å². The number of benzene rings is 1. The Labute approximate surface area is 130 Å². The molecule has 7 nitrogen and oxygen atoms in total. The van der Waals surface area contributed by atoms with E-state index in [-0.39, 0.29) is 0 Å². The number of nitrogens with zero attached hydrogens (tertiary/aromatic N) is 4. The highest BCUT2D eigenvalue weighted by Gasteiger charge is 2.06. The molecule has 2 rings (SSSR count). The van der Waals surface area contributed by atoms with Gasteiger partial charge in [0.15, 0.2) is 11.8 Å². The molecule has 22 heavy (non-hydrogen) atoms. The van der Waals surface area contributed by atoms with Crippen molar-refractivity contribution in [2.75, 3.05) is 14.2 Å². The van der Waals surface area contributed by atoms with Crippen molar-refractivity contribution in [3.8, 4) is 5.75 Å². The average molecular weight is 302 g/mol. The van der Waals surface area contributed by atoms with Crippen LogP contribution in [0.3, 0.4) is 0 Å². The van der Waals surface area contributed by atoms with Crippen LogP contribution in [0.5, 0.6) is 5.75 Å². The monoisotopic (exact) mass is 302 g/mol. The Kier molecular flexibility index (Phi) is 5.35. The summed E-state index contributed by atoms with van der Waals surface area (Å²) in [6, 6.07) is 7.92. The minimum atomic E-state index is 0.565. The lowest BCUT2D eigenvalue weighted by atomic mass is 10.2. The molecule has 0 bridgehead atoms. The average Bonchev–Trinajstić information content (AvgIpc) is 2.87. The van der Waals surface area contributed by atoms with Gasteiger partial charge < -0.3 is 19.9 Å². The summed E-state index contributed by atoms with van der Waals surface area (Å²) < 4.78 is 7.16. The highest BCUT2D eigenvalue weighted by Crippen LogP contribution is 2.12. The van der Waals surface area contributed by atoms with Crippen molar-refractivity contribution in [1.29, 1.82) is 0 Å². The summed E-state index contributed by atoms with van der Waals surface area (Å²) in [5.41, 5.74) is 1.12. The number of hydrogen-bond donors (Lipinski definition) is 2. The van der Waals surface area contributed by atoms with Crippen LogP contribution in [0.2, 0.25) is 0 Å². The summed E-state index contributed by atoms with van der Waals surface area (Å²) in [5.74, 6) is 3.30. The van der Waals surface area contributed by atoms with Gasteiger partial charge in [-0.25, -0.2) is 0 Å². The Morgan fingerprint density at radius 1 is 1.27 bits per heavy atom. The van der Waals surface area contributed by atoms with E-state index < -0.39 is 0 Å². The lowest BCUT2D eigenvalue weighted by Gasteiger charge is -2.12. The molecule has 0 fully saturated rings. The third-order valence-corrected chi connectivity index (χ3v) is 3.41. The molecule has 118 valence electrons. The summed E-state index contributed by atoms with van der Waals surface area (Å²) in [6.45, 7) is 3.15. The molecule has 0 spiro atoms. The lowest BCUT2D eigenvalue weighted by Crippen LogP contribution is -2.36. The van der Waals surface area contributed by atoms with Crippen molar-refractivity contribution in [2.24, 2.45) is 12.0 Å². The molecule has 1 heterocycles. The summed E-state index contributed by atoms with van der Waals surface area (Å²) in [6.07, 6.45) is 0. The quantitative estimate of drug-likeness (QED) is 0.636. The molecule has 0 saturated heterocycles. The van der Waals surface area contributed by atoms with Crippen LogP contribution >= 0.6 is 0 Å². The number of rotatable bonds is 5. The standard InChI is InChI=1S/C15H22N6O/c1-11-19-20-14(21(11)3)10-18-15(16-2)17-9-12-6-5-7-13(8-12)22-4/h5-8H,9-10H2,1-4H3,(H2,16,17,18). The molecule has 0 aliphatic rings. The normalized spacial score (nSPS) is 11.4. The Bertz CT molecular complexity index is 649. The Hall–Kier alpha value is -2.57. The second kappa shape index (κ2) is 7.44. The SMILES string of the molecule is CN=C(NCc1cccc(OC)c1)NCc1nnc(C)n1C. The van der Waals surface area contributed by atoms with E-state index in [1.54, 1.807) is 14.2 Å². The number of ether oxygens (including phenoxy) is 1. The smallest absolute Gasteiger partial charge is 0.191 e. The van der Waals surface area contributed by atoms with E-state index in [1.807, 2.05) is 42.8 Å². The highest BCUT2D eigenvalue weighted by molar-refractivity contribution is 5.79. The molecule has 0 unspecified atom stereocenters. The van der Waals surface area contributed by atoms with Crippen molar-refractivity contribution in [2.45, 2.75) is 20.0 Å². The number of aromatic nitrogens is 3. The van der Waals surface area contributed by atoms with Gasteiger partial charge in [-0.3, -0.25) is 4.99 Å². The molecule has 7 heteroatoms. The van der Waals surface area contributed by atoms with E-state index in [0.29, 0.717) is 19.0 Å². The fourth-order valence-electron chi connectivity index (χ4n) is 1.96. The fourth-order valence-corrected chi connectivity index (χ4v) is 1.96. The molecule has 0 aliphatic heterocycles. The van der Waals surface area contributed by atoms with E-state index in [0.717, 1.165) is 23.0 Å². The molecule has 0 amide bonds. The van der Waals surface area contributed by atoms with Gasteiger partial charge >= 0.3 is 0 Å². The first-order valence-electron chi connectivity index (χ1n) is 7.06. The van der Waals surface area contributed by atoms with Crippen LogP contribution in [0.1, 0.15) is 17.2 Å². The highest BCUT2D eigenvalue weighted by atomic mass is 16.5. The predicted octanol–water partition coefficient (Wildman–Crippen LogP) is 0.997. The summed E-state index contributed by atoms with van der Waals surface area (Å²) in [4.78, 5) is 4.20. The fraction of sp³-hybridized carbons (Fsp3) is 0.400. The Balaban J connectivity index is 1.88. The number of aryl methyl sites for hydroxylation is 1. The second-order valence-corrected chi connectivity index (χ2v) is 4.85. The van der Waals surface area contributed by atoms with E-state index in [9.17, 15) is 0 Å².